The Balaban J connectivity index is 1.89. The number of imidazole rings is 1. The zero-order chi connectivity index (χ0) is 38.1. The fourth-order valence-electron chi connectivity index (χ4n) is 5.06. The van der Waals surface area contributed by atoms with Gasteiger partial charge in [-0.05, 0) is 73.9 Å². The Kier molecular flexibility index (Phi) is 10.8. The van der Waals surface area contributed by atoms with Crippen LogP contribution in [0.1, 0.15) is 65.8 Å². The minimum Gasteiger partial charge on any atom is -0.481 e. The molecule has 0 spiro atoms. The topological polar surface area (TPSA) is 115 Å². The van der Waals surface area contributed by atoms with Gasteiger partial charge in [0.1, 0.15) is 17.2 Å². The third-order valence-electron chi connectivity index (χ3n) is 7.23. The van der Waals surface area contributed by atoms with E-state index in [9.17, 15) is 50.2 Å². The van der Waals surface area contributed by atoms with E-state index in [4.69, 9.17) is 4.74 Å². The quantitative estimate of drug-likeness (QED) is 0.181. The summed E-state index contributed by atoms with van der Waals surface area (Å²) in [5, 5.41) is 11.7. The van der Waals surface area contributed by atoms with E-state index in [2.05, 4.69) is 10.3 Å². The van der Waals surface area contributed by atoms with E-state index in [1.54, 1.807) is 20.8 Å². The summed E-state index contributed by atoms with van der Waals surface area (Å²) >= 11 is 0. The second-order valence-corrected chi connectivity index (χ2v) is 12.4. The predicted octanol–water partition coefficient (Wildman–Crippen LogP) is 7.64. The fraction of sp³-hybridized carbons (Fsp3) is 0.294. The number of amides is 2. The Labute approximate surface area is 284 Å². The molecule has 9 nitrogen and oxygen atoms in total. The summed E-state index contributed by atoms with van der Waals surface area (Å²) in [5.41, 5.74) is -6.59. The van der Waals surface area contributed by atoms with Gasteiger partial charge in [-0.15, -0.1) is 4.99 Å². The number of hydrogen-bond donors (Lipinski definition) is 2. The van der Waals surface area contributed by atoms with Crippen LogP contribution in [0.15, 0.2) is 72.0 Å². The van der Waals surface area contributed by atoms with Crippen molar-refractivity contribution in [1.29, 1.82) is 0 Å². The number of nitrogens with zero attached hydrogens (tertiary/aromatic N) is 3. The Morgan fingerprint density at radius 2 is 1.59 bits per heavy atom. The van der Waals surface area contributed by atoms with Crippen LogP contribution in [-0.2, 0) is 35.5 Å². The molecule has 2 amide bonds. The zero-order valence-corrected chi connectivity index (χ0v) is 27.3. The van der Waals surface area contributed by atoms with Crippen molar-refractivity contribution >= 4 is 18.0 Å². The highest BCUT2D eigenvalue weighted by atomic mass is 19.4. The Morgan fingerprint density at radius 1 is 0.902 bits per heavy atom. The Morgan fingerprint density at radius 3 is 2.20 bits per heavy atom. The molecule has 51 heavy (non-hydrogen) atoms. The monoisotopic (exact) mass is 726 g/mol. The van der Waals surface area contributed by atoms with Crippen LogP contribution in [0.4, 0.5) is 39.9 Å². The van der Waals surface area contributed by atoms with E-state index in [0.717, 1.165) is 24.3 Å². The molecule has 1 atom stereocenters. The van der Waals surface area contributed by atoms with E-state index >= 15 is 4.39 Å². The summed E-state index contributed by atoms with van der Waals surface area (Å²) in [6, 6.07) is 5.10. The maximum Gasteiger partial charge on any atom is 0.437 e. The molecular weight excluding hydrogens is 696 g/mol. The van der Waals surface area contributed by atoms with Crippen LogP contribution in [0.2, 0.25) is 0 Å². The second-order valence-electron chi connectivity index (χ2n) is 12.4. The third kappa shape index (κ3) is 9.61. The molecule has 0 aliphatic rings. The zero-order valence-electron chi connectivity index (χ0n) is 27.3. The lowest BCUT2D eigenvalue weighted by Crippen LogP contribution is -2.31. The van der Waals surface area contributed by atoms with Crippen molar-refractivity contribution in [3.8, 4) is 11.1 Å². The van der Waals surface area contributed by atoms with E-state index in [1.165, 1.54) is 28.6 Å². The van der Waals surface area contributed by atoms with Gasteiger partial charge in [0.2, 0.25) is 5.62 Å². The second kappa shape index (κ2) is 14.4. The van der Waals surface area contributed by atoms with Crippen LogP contribution in [-0.4, -0.2) is 37.8 Å². The minimum absolute atomic E-state index is 0.0232. The number of benzene rings is 3. The molecule has 272 valence electrons. The first-order chi connectivity index (χ1) is 23.5. The van der Waals surface area contributed by atoms with Crippen molar-refractivity contribution in [1.82, 2.24) is 14.5 Å². The third-order valence-corrected chi connectivity index (χ3v) is 7.23. The van der Waals surface area contributed by atoms with Crippen LogP contribution < -0.4 is 10.9 Å². The number of nitrogens with one attached hydrogen (secondary N) is 1. The molecule has 1 aromatic heterocycles. The van der Waals surface area contributed by atoms with E-state index in [-0.39, 0.29) is 29.4 Å². The van der Waals surface area contributed by atoms with E-state index in [1.807, 2.05) is 0 Å². The minimum atomic E-state index is -5.19. The fourth-order valence-corrected chi connectivity index (χ4v) is 5.06. The van der Waals surface area contributed by atoms with Crippen molar-refractivity contribution in [2.24, 2.45) is 12.0 Å². The van der Waals surface area contributed by atoms with E-state index < -0.39 is 87.8 Å². The van der Waals surface area contributed by atoms with Crippen molar-refractivity contribution in [3.05, 3.63) is 112 Å². The van der Waals surface area contributed by atoms with Gasteiger partial charge in [0.05, 0.1) is 35.7 Å². The lowest BCUT2D eigenvalue weighted by Gasteiger charge is -2.21. The molecule has 0 aliphatic carbocycles. The lowest BCUT2D eigenvalue weighted by molar-refractivity contribution is -0.138. The smallest absolute Gasteiger partial charge is 0.437 e. The van der Waals surface area contributed by atoms with E-state index in [0.29, 0.717) is 24.3 Å². The number of carboxylic acids is 1. The molecule has 0 saturated carbocycles. The van der Waals surface area contributed by atoms with Crippen LogP contribution in [0.25, 0.3) is 11.1 Å². The number of carbonyl (C=O) groups is 3. The van der Waals surface area contributed by atoms with Gasteiger partial charge in [-0.25, -0.2) is 13.6 Å². The van der Waals surface area contributed by atoms with Crippen molar-refractivity contribution in [2.75, 3.05) is 0 Å². The van der Waals surface area contributed by atoms with Crippen molar-refractivity contribution in [2.45, 2.75) is 57.7 Å². The highest BCUT2D eigenvalue weighted by Crippen LogP contribution is 2.40. The normalized spacial score (nSPS) is 13.2. The number of halogens is 8. The highest BCUT2D eigenvalue weighted by Gasteiger charge is 2.36. The van der Waals surface area contributed by atoms with Gasteiger partial charge in [0.15, 0.2) is 0 Å². The summed E-state index contributed by atoms with van der Waals surface area (Å²) in [5.74, 6) is -5.74. The van der Waals surface area contributed by atoms with Gasteiger partial charge in [0.25, 0.3) is 5.91 Å². The Bertz CT molecular complexity index is 2040. The lowest BCUT2D eigenvalue weighted by atomic mass is 9.94. The van der Waals surface area contributed by atoms with Crippen LogP contribution in [0.3, 0.4) is 0 Å². The number of aliphatic carboxylic acids is 1. The number of hydrogen-bond acceptors (Lipinski definition) is 4. The molecule has 1 heterocycles. The largest absolute Gasteiger partial charge is 0.481 e. The number of alkyl halides is 6. The number of ether oxygens (including phenoxy) is 1. The molecule has 17 heteroatoms. The first-order valence-corrected chi connectivity index (χ1v) is 14.9. The number of carboxylic acid groups (broad SMARTS) is 1. The Hall–Kier alpha value is -5.48. The van der Waals surface area contributed by atoms with Gasteiger partial charge in [-0.1, -0.05) is 18.2 Å². The van der Waals surface area contributed by atoms with Crippen LogP contribution in [0.5, 0.6) is 0 Å². The molecule has 0 fully saturated rings. The predicted molar refractivity (Wildman–Crippen MR) is 165 cm³/mol. The maximum absolute atomic E-state index is 16.3. The molecule has 3 aromatic carbocycles. The average molecular weight is 727 g/mol. The van der Waals surface area contributed by atoms with Crippen LogP contribution >= 0.6 is 0 Å². The summed E-state index contributed by atoms with van der Waals surface area (Å²) < 4.78 is 121. The molecule has 0 aliphatic heterocycles. The molecule has 1 unspecified atom stereocenters. The SMILES string of the molecule is Cn1ccn(Cc2cc(C(=O)NC(CC(=O)O)c3cccc(C(F)(F)F)c3)c(F)c(-c3ccc(F)cc3C(F)(F)F)c2)c1=NC(=O)OC(C)(C)C. The van der Waals surface area contributed by atoms with Crippen LogP contribution in [0, 0.1) is 11.6 Å². The molecule has 0 bridgehead atoms. The molecule has 0 saturated heterocycles. The first-order valence-electron chi connectivity index (χ1n) is 14.9. The van der Waals surface area contributed by atoms with Gasteiger partial charge >= 0.3 is 24.4 Å². The number of carbonyl (C=O) groups excluding carboxylic acids is 2. The van der Waals surface area contributed by atoms with Gasteiger partial charge in [-0.2, -0.15) is 26.3 Å². The maximum atomic E-state index is 16.3. The molecule has 4 rings (SSSR count). The van der Waals surface area contributed by atoms with Gasteiger partial charge < -0.3 is 24.3 Å². The number of rotatable bonds is 8. The molecule has 4 aromatic rings. The summed E-state index contributed by atoms with van der Waals surface area (Å²) in [6.07, 6.45) is -9.08. The molecule has 2 N–H and O–H groups in total. The molecule has 0 radical (unpaired) electrons. The average Bonchev–Trinajstić information content (AvgIpc) is 3.33. The van der Waals surface area contributed by atoms with Gasteiger partial charge in [0, 0.05) is 25.0 Å². The standard InChI is InChI=1S/C34H30F8N4O5/c1-32(2,3)51-31(50)44-30-45(4)10-11-46(30)17-18-12-23(22-9-8-21(35)15-25(22)34(40,41)42)28(36)24(13-18)29(49)43-26(16-27(47)48)19-6-5-7-20(14-19)33(37,38)39/h5-15,26H,16-17H2,1-4H3,(H,43,49)(H,47,48). The van der Waals surface area contributed by atoms with Crippen molar-refractivity contribution in [3.63, 3.8) is 0 Å². The van der Waals surface area contributed by atoms with Gasteiger partial charge in [-0.3, -0.25) is 9.59 Å². The van der Waals surface area contributed by atoms with Crippen molar-refractivity contribution < 1.29 is 59.4 Å². The molecular formula is C34H30F8N4O5. The number of aryl methyl sites for hydroxylation is 1. The first kappa shape index (κ1) is 38.3. The summed E-state index contributed by atoms with van der Waals surface area (Å²) in [6.45, 7) is 4.46. The highest BCUT2D eigenvalue weighted by molar-refractivity contribution is 5.97. The summed E-state index contributed by atoms with van der Waals surface area (Å²) in [4.78, 5) is 41.7. The number of aromatic nitrogens is 2. The summed E-state index contributed by atoms with van der Waals surface area (Å²) in [7, 11) is 1.51.